The molecule has 1 aliphatic heterocycles. The Balaban J connectivity index is 2.71. The largest absolute Gasteiger partial charge is 0.391 e. The lowest BCUT2D eigenvalue weighted by Gasteiger charge is -2.40. The fourth-order valence-electron chi connectivity index (χ4n) is 1.03. The second-order valence-electron chi connectivity index (χ2n) is 2.82. The Morgan fingerprint density at radius 3 is 2.42 bits per heavy atom. The fraction of sp³-hybridized carbons (Fsp3) is 1.00. The highest BCUT2D eigenvalue weighted by Gasteiger charge is 2.47. The van der Waals surface area contributed by atoms with Gasteiger partial charge in [0, 0.05) is 0 Å². The molecule has 72 valence electrons. The van der Waals surface area contributed by atoms with Crippen molar-refractivity contribution >= 4 is 0 Å². The molecule has 0 aromatic rings. The van der Waals surface area contributed by atoms with E-state index in [2.05, 4.69) is 4.74 Å². The third-order valence-corrected chi connectivity index (χ3v) is 1.91. The smallest absolute Gasteiger partial charge is 0.218 e. The molecule has 6 heteroatoms. The Labute approximate surface area is 68.6 Å². The molecule has 0 aliphatic carbocycles. The van der Waals surface area contributed by atoms with Crippen LogP contribution in [-0.2, 0) is 4.74 Å². The predicted octanol–water partition coefficient (Wildman–Crippen LogP) is -3.22. The molecule has 0 aromatic heterocycles. The molecule has 5 N–H and O–H groups in total. The quantitative estimate of drug-likeness (QED) is 0.290. The van der Waals surface area contributed by atoms with E-state index in [1.807, 2.05) is 0 Å². The summed E-state index contributed by atoms with van der Waals surface area (Å²) >= 11 is 0. The first-order valence-electron chi connectivity index (χ1n) is 3.52. The third-order valence-electron chi connectivity index (χ3n) is 1.91. The van der Waals surface area contributed by atoms with Crippen molar-refractivity contribution in [3.8, 4) is 0 Å². The number of aliphatic hydroxyl groups excluding tert-OH is 4. The molecular weight excluding hydrogens is 168 g/mol. The van der Waals surface area contributed by atoms with Gasteiger partial charge in [0.15, 0.2) is 0 Å². The summed E-state index contributed by atoms with van der Waals surface area (Å²) < 4.78 is 4.56. The van der Waals surface area contributed by atoms with E-state index in [1.54, 1.807) is 0 Å². The van der Waals surface area contributed by atoms with Gasteiger partial charge in [-0.1, -0.05) is 0 Å². The Hall–Kier alpha value is -0.240. The van der Waals surface area contributed by atoms with Crippen LogP contribution in [-0.4, -0.2) is 62.8 Å². The van der Waals surface area contributed by atoms with Crippen LogP contribution in [0.1, 0.15) is 0 Å². The lowest BCUT2D eigenvalue weighted by Crippen LogP contribution is -2.62. The molecule has 1 unspecified atom stereocenters. The van der Waals surface area contributed by atoms with E-state index in [-0.39, 0.29) is 6.61 Å². The van der Waals surface area contributed by atoms with Crippen LogP contribution in [0, 0.1) is 0 Å². The van der Waals surface area contributed by atoms with Crippen LogP contribution in [0.5, 0.6) is 0 Å². The van der Waals surface area contributed by atoms with E-state index in [1.165, 1.54) is 0 Å². The maximum atomic E-state index is 9.24. The number of hydrogen-bond acceptors (Lipinski definition) is 6. The van der Waals surface area contributed by atoms with Crippen molar-refractivity contribution in [2.75, 3.05) is 13.2 Å². The van der Waals surface area contributed by atoms with Gasteiger partial charge in [-0.25, -0.2) is 0 Å². The van der Waals surface area contributed by atoms with Crippen molar-refractivity contribution in [3.05, 3.63) is 0 Å². The first kappa shape index (κ1) is 9.85. The second-order valence-corrected chi connectivity index (χ2v) is 2.82. The van der Waals surface area contributed by atoms with Gasteiger partial charge in [0.1, 0.15) is 18.3 Å². The van der Waals surface area contributed by atoms with Crippen molar-refractivity contribution in [2.45, 2.75) is 24.1 Å². The van der Waals surface area contributed by atoms with E-state index in [0.717, 1.165) is 0 Å². The standard InChI is InChI=1S/C6H12O6/c7-2-6(11)5(10)4(9)3(8)1-12-6/h3-5,7-11H,1-2H2/t3-,4?,5+,6-/m0/s1. The topological polar surface area (TPSA) is 110 Å². The average molecular weight is 180 g/mol. The molecule has 0 spiro atoms. The second kappa shape index (κ2) is 3.25. The molecule has 1 aliphatic rings. The van der Waals surface area contributed by atoms with Crippen molar-refractivity contribution in [1.82, 2.24) is 0 Å². The minimum Gasteiger partial charge on any atom is -0.391 e. The molecule has 1 rings (SSSR count). The van der Waals surface area contributed by atoms with Gasteiger partial charge in [-0.3, -0.25) is 0 Å². The summed E-state index contributed by atoms with van der Waals surface area (Å²) in [6.07, 6.45) is -4.45. The Bertz CT molecular complexity index is 162. The number of rotatable bonds is 1. The van der Waals surface area contributed by atoms with Crippen LogP contribution < -0.4 is 0 Å². The van der Waals surface area contributed by atoms with E-state index >= 15 is 0 Å². The van der Waals surface area contributed by atoms with Gasteiger partial charge in [0.2, 0.25) is 5.79 Å². The molecule has 0 saturated carbocycles. The Morgan fingerprint density at radius 1 is 1.33 bits per heavy atom. The van der Waals surface area contributed by atoms with Crippen LogP contribution in [0.15, 0.2) is 0 Å². The molecule has 0 bridgehead atoms. The summed E-state index contributed by atoms with van der Waals surface area (Å²) in [5.41, 5.74) is 0. The van der Waals surface area contributed by atoms with Crippen LogP contribution in [0.2, 0.25) is 0 Å². The molecule has 0 radical (unpaired) electrons. The fourth-order valence-corrected chi connectivity index (χ4v) is 1.03. The lowest BCUT2D eigenvalue weighted by atomic mass is 9.98. The van der Waals surface area contributed by atoms with Gasteiger partial charge in [0.05, 0.1) is 13.2 Å². The normalized spacial score (nSPS) is 49.2. The van der Waals surface area contributed by atoms with Gasteiger partial charge >= 0.3 is 0 Å². The zero-order chi connectivity index (χ0) is 9.35. The van der Waals surface area contributed by atoms with E-state index in [0.29, 0.717) is 0 Å². The van der Waals surface area contributed by atoms with Crippen molar-refractivity contribution in [2.24, 2.45) is 0 Å². The molecule has 12 heavy (non-hydrogen) atoms. The van der Waals surface area contributed by atoms with Crippen LogP contribution in [0.4, 0.5) is 0 Å². The van der Waals surface area contributed by atoms with Crippen molar-refractivity contribution in [1.29, 1.82) is 0 Å². The Morgan fingerprint density at radius 2 is 1.92 bits per heavy atom. The molecular formula is C6H12O6. The molecule has 4 atom stereocenters. The maximum Gasteiger partial charge on any atom is 0.218 e. The lowest BCUT2D eigenvalue weighted by molar-refractivity contribution is -0.331. The zero-order valence-corrected chi connectivity index (χ0v) is 6.29. The number of hydrogen-bond donors (Lipinski definition) is 5. The van der Waals surface area contributed by atoms with Crippen LogP contribution >= 0.6 is 0 Å². The predicted molar refractivity (Wildman–Crippen MR) is 36.0 cm³/mol. The summed E-state index contributed by atoms with van der Waals surface area (Å²) in [6, 6.07) is 0. The minimum atomic E-state index is -2.17. The molecule has 0 amide bonds. The number of aliphatic hydroxyl groups is 5. The van der Waals surface area contributed by atoms with Crippen LogP contribution in [0.3, 0.4) is 0 Å². The zero-order valence-electron chi connectivity index (χ0n) is 6.29. The minimum absolute atomic E-state index is 0.324. The van der Waals surface area contributed by atoms with Gasteiger partial charge < -0.3 is 30.3 Å². The van der Waals surface area contributed by atoms with Crippen LogP contribution in [0.25, 0.3) is 0 Å². The number of ether oxygens (including phenoxy) is 1. The molecule has 0 aromatic carbocycles. The van der Waals surface area contributed by atoms with Gasteiger partial charge in [-0.2, -0.15) is 0 Å². The summed E-state index contributed by atoms with van der Waals surface area (Å²) in [7, 11) is 0. The van der Waals surface area contributed by atoms with E-state index in [9.17, 15) is 5.11 Å². The van der Waals surface area contributed by atoms with Gasteiger partial charge in [-0.05, 0) is 0 Å². The highest BCUT2D eigenvalue weighted by atomic mass is 16.7. The first-order chi connectivity index (χ1) is 5.51. The average Bonchev–Trinajstić information content (AvgIpc) is 2.09. The SMILES string of the molecule is OC[C@]1(O)OC[C@H](O)C(O)[C@H]1O. The summed E-state index contributed by atoms with van der Waals surface area (Å²) in [5, 5.41) is 45.0. The van der Waals surface area contributed by atoms with E-state index in [4.69, 9.17) is 20.4 Å². The van der Waals surface area contributed by atoms with Gasteiger partial charge in [-0.15, -0.1) is 0 Å². The molecule has 1 saturated heterocycles. The Kier molecular flexibility index (Phi) is 2.67. The molecule has 1 fully saturated rings. The third kappa shape index (κ3) is 1.45. The van der Waals surface area contributed by atoms with Crippen molar-refractivity contribution in [3.63, 3.8) is 0 Å². The van der Waals surface area contributed by atoms with Gasteiger partial charge in [0.25, 0.3) is 0 Å². The first-order valence-corrected chi connectivity index (χ1v) is 3.52. The van der Waals surface area contributed by atoms with E-state index < -0.39 is 30.7 Å². The summed E-state index contributed by atoms with van der Waals surface area (Å²) in [4.78, 5) is 0. The van der Waals surface area contributed by atoms with Crippen molar-refractivity contribution < 1.29 is 30.3 Å². The highest BCUT2D eigenvalue weighted by molar-refractivity contribution is 4.90. The summed E-state index contributed by atoms with van der Waals surface area (Å²) in [5.74, 6) is -2.17. The molecule has 1 heterocycles. The molecule has 6 nitrogen and oxygen atoms in total. The highest BCUT2D eigenvalue weighted by Crippen LogP contribution is 2.22. The maximum absolute atomic E-state index is 9.24. The summed E-state index contributed by atoms with van der Waals surface area (Å²) in [6.45, 7) is -1.16. The monoisotopic (exact) mass is 180 g/mol.